The molecule has 0 bridgehead atoms. The van der Waals surface area contributed by atoms with Crippen molar-refractivity contribution in [2.24, 2.45) is 0 Å². The Kier molecular flexibility index (Phi) is 5.24. The number of aromatic nitrogens is 2. The van der Waals surface area contributed by atoms with E-state index in [0.29, 0.717) is 22.9 Å². The zero-order valence-electron chi connectivity index (χ0n) is 24.5. The molecule has 3 nitrogen and oxygen atoms in total. The predicted molar refractivity (Wildman–Crippen MR) is 162 cm³/mol. The highest BCUT2D eigenvalue weighted by molar-refractivity contribution is 9.10. The molecule has 2 aromatic heterocycles. The Bertz CT molecular complexity index is 1920. The number of hydrogen-bond acceptors (Lipinski definition) is 2. The number of benzene rings is 4. The first kappa shape index (κ1) is 21.1. The van der Waals surface area contributed by atoms with E-state index in [2.05, 4.69) is 54.9 Å². The number of rotatable bonds is 4. The molecule has 4 aromatic carbocycles. The SMILES string of the molecule is [2H]C([2H])([2H])c1cc(-n2c3ccccc3c3ccc(Oc4cccc(Br)c4)cc32)ncc1-c1cccc(C(C)(C)C)c1. The normalized spacial score (nSPS) is 13.3. The Morgan fingerprint density at radius 2 is 1.58 bits per heavy atom. The summed E-state index contributed by atoms with van der Waals surface area (Å²) in [6, 6.07) is 31.5. The van der Waals surface area contributed by atoms with E-state index in [-0.39, 0.29) is 11.0 Å². The topological polar surface area (TPSA) is 27.1 Å². The van der Waals surface area contributed by atoms with Crippen LogP contribution in [0.2, 0.25) is 0 Å². The predicted octanol–water partition coefficient (Wildman–Crippen LogP) is 10.0. The number of ether oxygens (including phenoxy) is 1. The van der Waals surface area contributed by atoms with Gasteiger partial charge in [-0.1, -0.05) is 85.2 Å². The molecular weight excluding hydrogens is 532 g/mol. The van der Waals surface area contributed by atoms with Gasteiger partial charge in [0, 0.05) is 37.2 Å². The van der Waals surface area contributed by atoms with Gasteiger partial charge in [-0.25, -0.2) is 4.98 Å². The number of pyridine rings is 1. The lowest BCUT2D eigenvalue weighted by molar-refractivity contribution is 0.483. The highest BCUT2D eigenvalue weighted by Gasteiger charge is 2.17. The van der Waals surface area contributed by atoms with Crippen LogP contribution in [0.4, 0.5) is 0 Å². The molecule has 0 aliphatic rings. The Balaban J connectivity index is 1.55. The van der Waals surface area contributed by atoms with Gasteiger partial charge in [0.2, 0.25) is 0 Å². The fraction of sp³-hybridized carbons (Fsp3) is 0.147. The van der Waals surface area contributed by atoms with Gasteiger partial charge in [0.25, 0.3) is 0 Å². The van der Waals surface area contributed by atoms with E-state index in [9.17, 15) is 0 Å². The van der Waals surface area contributed by atoms with E-state index >= 15 is 0 Å². The summed E-state index contributed by atoms with van der Waals surface area (Å²) < 4.78 is 34.5. The molecule has 0 aliphatic carbocycles. The van der Waals surface area contributed by atoms with Gasteiger partial charge in [-0.15, -0.1) is 0 Å². The second kappa shape index (κ2) is 9.45. The number of hydrogen-bond donors (Lipinski definition) is 0. The molecule has 0 N–H and O–H groups in total. The molecule has 0 unspecified atom stereocenters. The smallest absolute Gasteiger partial charge is 0.137 e. The maximum absolute atomic E-state index is 8.44. The molecule has 0 amide bonds. The molecule has 0 atom stereocenters. The third kappa shape index (κ3) is 4.50. The van der Waals surface area contributed by atoms with Crippen molar-refractivity contribution in [2.75, 3.05) is 0 Å². The summed E-state index contributed by atoms with van der Waals surface area (Å²) in [5.41, 5.74) is 4.60. The zero-order valence-corrected chi connectivity index (χ0v) is 23.1. The lowest BCUT2D eigenvalue weighted by Crippen LogP contribution is -2.10. The first-order chi connectivity index (χ1) is 19.5. The van der Waals surface area contributed by atoms with Crippen LogP contribution in [0.5, 0.6) is 11.5 Å². The molecule has 0 spiro atoms. The van der Waals surface area contributed by atoms with Crippen LogP contribution in [0.25, 0.3) is 38.8 Å². The lowest BCUT2D eigenvalue weighted by Gasteiger charge is -2.20. The van der Waals surface area contributed by atoms with Crippen molar-refractivity contribution in [3.8, 4) is 28.4 Å². The average molecular weight is 565 g/mol. The van der Waals surface area contributed by atoms with Crippen molar-refractivity contribution in [3.63, 3.8) is 0 Å². The monoisotopic (exact) mass is 563 g/mol. The van der Waals surface area contributed by atoms with E-state index in [4.69, 9.17) is 13.8 Å². The van der Waals surface area contributed by atoms with E-state index in [1.165, 1.54) is 0 Å². The molecule has 0 aliphatic heterocycles. The Morgan fingerprint density at radius 3 is 2.39 bits per heavy atom. The van der Waals surface area contributed by atoms with Gasteiger partial charge < -0.3 is 4.74 Å². The molecule has 4 heteroatoms. The molecule has 6 rings (SSSR count). The van der Waals surface area contributed by atoms with Gasteiger partial charge in [-0.05, 0) is 71.4 Å². The Morgan fingerprint density at radius 1 is 0.789 bits per heavy atom. The minimum absolute atomic E-state index is 0.0674. The first-order valence-electron chi connectivity index (χ1n) is 14.1. The number of nitrogens with zero attached hydrogens (tertiary/aromatic N) is 2. The van der Waals surface area contributed by atoms with Crippen molar-refractivity contribution >= 4 is 37.7 Å². The standard InChI is InChI=1S/C34H29BrN2O/c1-22-17-33(36-21-30(22)23-9-7-10-24(18-23)34(2,3)4)37-31-14-6-5-13-28(31)29-16-15-27(20-32(29)37)38-26-12-8-11-25(35)19-26/h5-21H,1-4H3/i1D3. The molecule has 0 saturated carbocycles. The number of para-hydroxylation sites is 1. The van der Waals surface area contributed by atoms with Crippen LogP contribution in [0, 0.1) is 6.85 Å². The summed E-state index contributed by atoms with van der Waals surface area (Å²) in [6.45, 7) is 4.11. The minimum Gasteiger partial charge on any atom is -0.457 e. The molecule has 0 saturated heterocycles. The average Bonchev–Trinajstić information content (AvgIpc) is 3.25. The maximum atomic E-state index is 8.44. The van der Waals surface area contributed by atoms with Gasteiger partial charge in [0.1, 0.15) is 17.3 Å². The first-order valence-corrected chi connectivity index (χ1v) is 13.4. The van der Waals surface area contributed by atoms with Crippen molar-refractivity contribution in [1.29, 1.82) is 0 Å². The molecule has 188 valence electrons. The second-order valence-electron chi connectivity index (χ2n) is 10.5. The van der Waals surface area contributed by atoms with E-state index in [0.717, 1.165) is 37.4 Å². The summed E-state index contributed by atoms with van der Waals surface area (Å²) in [7, 11) is 0. The van der Waals surface area contributed by atoms with Gasteiger partial charge in [0.05, 0.1) is 11.0 Å². The molecule has 2 heterocycles. The summed E-state index contributed by atoms with van der Waals surface area (Å²) >= 11 is 3.50. The third-order valence-electron chi connectivity index (χ3n) is 6.84. The van der Waals surface area contributed by atoms with Crippen LogP contribution >= 0.6 is 15.9 Å². The highest BCUT2D eigenvalue weighted by atomic mass is 79.9. The van der Waals surface area contributed by atoms with Crippen molar-refractivity contribution in [2.45, 2.75) is 33.0 Å². The van der Waals surface area contributed by atoms with Crippen LogP contribution in [0.3, 0.4) is 0 Å². The molecule has 0 fully saturated rings. The van der Waals surface area contributed by atoms with Crippen LogP contribution in [0.15, 0.2) is 108 Å². The van der Waals surface area contributed by atoms with Crippen LogP contribution in [-0.2, 0) is 5.41 Å². The van der Waals surface area contributed by atoms with E-state index < -0.39 is 6.85 Å². The molecular formula is C34H29BrN2O. The Hall–Kier alpha value is -3.89. The van der Waals surface area contributed by atoms with E-state index in [1.54, 1.807) is 12.3 Å². The second-order valence-corrected chi connectivity index (χ2v) is 11.4. The van der Waals surface area contributed by atoms with Gasteiger partial charge >= 0.3 is 0 Å². The minimum atomic E-state index is -2.33. The maximum Gasteiger partial charge on any atom is 0.137 e. The van der Waals surface area contributed by atoms with Crippen LogP contribution in [-0.4, -0.2) is 9.55 Å². The van der Waals surface area contributed by atoms with Crippen LogP contribution < -0.4 is 4.74 Å². The lowest BCUT2D eigenvalue weighted by atomic mass is 9.85. The number of aryl methyl sites for hydroxylation is 1. The summed E-state index contributed by atoms with van der Waals surface area (Å²) in [5.74, 6) is 1.93. The summed E-state index contributed by atoms with van der Waals surface area (Å²) in [4.78, 5) is 4.86. The van der Waals surface area contributed by atoms with E-state index in [1.807, 2.05) is 77.4 Å². The molecule has 38 heavy (non-hydrogen) atoms. The fourth-order valence-electron chi connectivity index (χ4n) is 4.88. The molecule has 0 radical (unpaired) electrons. The Labute approximate surface area is 236 Å². The van der Waals surface area contributed by atoms with Crippen molar-refractivity contribution in [3.05, 3.63) is 119 Å². The molecule has 6 aromatic rings. The quantitative estimate of drug-likeness (QED) is 0.213. The summed E-state index contributed by atoms with van der Waals surface area (Å²) in [6.07, 6.45) is 1.70. The summed E-state index contributed by atoms with van der Waals surface area (Å²) in [5, 5.41) is 2.08. The van der Waals surface area contributed by atoms with Gasteiger partial charge in [-0.2, -0.15) is 0 Å². The van der Waals surface area contributed by atoms with Crippen LogP contribution in [0.1, 0.15) is 36.0 Å². The third-order valence-corrected chi connectivity index (χ3v) is 7.33. The van der Waals surface area contributed by atoms with Crippen molar-refractivity contribution in [1.82, 2.24) is 9.55 Å². The van der Waals surface area contributed by atoms with Crippen molar-refractivity contribution < 1.29 is 8.85 Å². The number of fused-ring (bicyclic) bond motifs is 3. The zero-order chi connectivity index (χ0) is 28.9. The van der Waals surface area contributed by atoms with Gasteiger partial charge in [-0.3, -0.25) is 4.57 Å². The number of halogens is 1. The fourth-order valence-corrected chi connectivity index (χ4v) is 5.26. The highest BCUT2D eigenvalue weighted by Crippen LogP contribution is 2.36. The van der Waals surface area contributed by atoms with Gasteiger partial charge in [0.15, 0.2) is 0 Å². The largest absolute Gasteiger partial charge is 0.457 e.